The van der Waals surface area contributed by atoms with Crippen LogP contribution in [0.1, 0.15) is 23.3 Å². The zero-order chi connectivity index (χ0) is 15.2. The number of urea groups is 1. The van der Waals surface area contributed by atoms with Crippen LogP contribution in [0.4, 0.5) is 4.79 Å². The Bertz CT molecular complexity index is 494. The predicted octanol–water partition coefficient (Wildman–Crippen LogP) is 0.402. The van der Waals surface area contributed by atoms with E-state index in [2.05, 4.69) is 10.3 Å². The first kappa shape index (κ1) is 15.3. The van der Waals surface area contributed by atoms with Gasteiger partial charge in [0.05, 0.1) is 12.4 Å². The minimum Gasteiger partial charge on any atom is -0.476 e. The summed E-state index contributed by atoms with van der Waals surface area (Å²) in [4.78, 5) is 28.2. The summed E-state index contributed by atoms with van der Waals surface area (Å²) < 4.78 is 6.90. The van der Waals surface area contributed by atoms with E-state index >= 15 is 0 Å². The Labute approximate surface area is 122 Å². The van der Waals surface area contributed by atoms with E-state index in [-0.39, 0.29) is 17.8 Å². The van der Waals surface area contributed by atoms with Crippen molar-refractivity contribution in [3.05, 3.63) is 18.2 Å². The van der Waals surface area contributed by atoms with Gasteiger partial charge in [-0.2, -0.15) is 0 Å². The number of ether oxygens (including phenoxy) is 1. The number of carbonyl (C=O) groups is 2. The molecule has 2 heterocycles. The van der Waals surface area contributed by atoms with Crippen molar-refractivity contribution < 1.29 is 19.4 Å². The molecule has 1 aliphatic heterocycles. The summed E-state index contributed by atoms with van der Waals surface area (Å²) in [5.74, 6) is -1.06. The molecular weight excluding hydrogens is 276 g/mol. The molecule has 1 aromatic rings. The normalized spacial score (nSPS) is 16.0. The molecule has 0 spiro atoms. The Balaban J connectivity index is 1.70. The molecule has 2 amide bonds. The van der Waals surface area contributed by atoms with Gasteiger partial charge in [0.2, 0.25) is 0 Å². The largest absolute Gasteiger partial charge is 0.476 e. The third kappa shape index (κ3) is 4.19. The molecule has 1 aromatic heterocycles. The van der Waals surface area contributed by atoms with Crippen molar-refractivity contribution in [3.8, 4) is 0 Å². The molecule has 0 aromatic carbocycles. The summed E-state index contributed by atoms with van der Waals surface area (Å²) in [5.41, 5.74) is 0.00274. The zero-order valence-corrected chi connectivity index (χ0v) is 12.0. The van der Waals surface area contributed by atoms with Crippen LogP contribution < -0.4 is 5.32 Å². The van der Waals surface area contributed by atoms with Crippen molar-refractivity contribution in [2.45, 2.75) is 25.5 Å². The zero-order valence-electron chi connectivity index (χ0n) is 12.0. The smallest absolute Gasteiger partial charge is 0.356 e. The highest BCUT2D eigenvalue weighted by Gasteiger charge is 2.22. The summed E-state index contributed by atoms with van der Waals surface area (Å²) >= 11 is 0. The summed E-state index contributed by atoms with van der Waals surface area (Å²) in [7, 11) is 1.69. The Hall–Kier alpha value is -2.09. The molecule has 21 heavy (non-hydrogen) atoms. The molecule has 8 heteroatoms. The molecule has 0 unspecified atom stereocenters. The van der Waals surface area contributed by atoms with Crippen LogP contribution in [0.2, 0.25) is 0 Å². The fourth-order valence-electron chi connectivity index (χ4n) is 2.29. The Morgan fingerprint density at radius 2 is 2.19 bits per heavy atom. The number of imidazole rings is 1. The van der Waals surface area contributed by atoms with Gasteiger partial charge in [0.1, 0.15) is 0 Å². The lowest BCUT2D eigenvalue weighted by molar-refractivity contribution is 0.0503. The van der Waals surface area contributed by atoms with E-state index < -0.39 is 5.97 Å². The topological polar surface area (TPSA) is 96.7 Å². The highest BCUT2D eigenvalue weighted by molar-refractivity contribution is 5.84. The number of hydrogen-bond acceptors (Lipinski definition) is 4. The van der Waals surface area contributed by atoms with E-state index in [0.29, 0.717) is 26.2 Å². The van der Waals surface area contributed by atoms with Gasteiger partial charge < -0.3 is 24.6 Å². The number of methoxy groups -OCH3 is 1. The molecule has 0 atom stereocenters. The molecule has 0 bridgehead atoms. The molecule has 116 valence electrons. The van der Waals surface area contributed by atoms with Gasteiger partial charge >= 0.3 is 12.0 Å². The molecule has 1 saturated heterocycles. The van der Waals surface area contributed by atoms with Crippen LogP contribution in [-0.2, 0) is 11.3 Å². The van der Waals surface area contributed by atoms with Crippen molar-refractivity contribution in [2.24, 2.45) is 0 Å². The molecule has 0 saturated carbocycles. The van der Waals surface area contributed by atoms with E-state index in [4.69, 9.17) is 9.84 Å². The van der Waals surface area contributed by atoms with Crippen LogP contribution in [0, 0.1) is 0 Å². The number of piperidine rings is 1. The lowest BCUT2D eigenvalue weighted by Gasteiger charge is -2.31. The first-order chi connectivity index (χ1) is 10.1. The Morgan fingerprint density at radius 3 is 2.76 bits per heavy atom. The van der Waals surface area contributed by atoms with Gasteiger partial charge in [-0.15, -0.1) is 0 Å². The molecule has 1 aliphatic rings. The van der Waals surface area contributed by atoms with E-state index in [0.717, 1.165) is 12.8 Å². The van der Waals surface area contributed by atoms with Gasteiger partial charge in [-0.3, -0.25) is 0 Å². The number of nitrogens with zero attached hydrogens (tertiary/aromatic N) is 3. The second-order valence-corrected chi connectivity index (χ2v) is 4.96. The van der Waals surface area contributed by atoms with Crippen LogP contribution in [-0.4, -0.2) is 64.4 Å². The second kappa shape index (κ2) is 7.07. The molecule has 0 aliphatic carbocycles. The van der Waals surface area contributed by atoms with Gasteiger partial charge in [0.15, 0.2) is 5.69 Å². The summed E-state index contributed by atoms with van der Waals surface area (Å²) in [5, 5.41) is 11.6. The standard InChI is InChI=1S/C13H20N4O4/c1-21-10-2-5-17(6-3-10)13(20)14-4-7-16-8-11(12(18)19)15-9-16/h8-10H,2-7H2,1H3,(H,14,20)(H,18,19). The number of likely N-dealkylation sites (tertiary alicyclic amines) is 1. The van der Waals surface area contributed by atoms with E-state index in [9.17, 15) is 9.59 Å². The summed E-state index contributed by atoms with van der Waals surface area (Å²) in [6.45, 7) is 2.30. The minimum absolute atomic E-state index is 0.00274. The molecule has 8 nitrogen and oxygen atoms in total. The van der Waals surface area contributed by atoms with Crippen LogP contribution in [0.3, 0.4) is 0 Å². The van der Waals surface area contributed by atoms with Gasteiger partial charge in [-0.25, -0.2) is 14.6 Å². The average molecular weight is 296 g/mol. The maximum Gasteiger partial charge on any atom is 0.356 e. The molecular formula is C13H20N4O4. The van der Waals surface area contributed by atoms with E-state index in [1.54, 1.807) is 16.6 Å². The first-order valence-corrected chi connectivity index (χ1v) is 6.91. The molecule has 2 rings (SSSR count). The number of amides is 2. The monoisotopic (exact) mass is 296 g/mol. The Morgan fingerprint density at radius 1 is 1.48 bits per heavy atom. The SMILES string of the molecule is COC1CCN(C(=O)NCCn2cnc(C(=O)O)c2)CC1. The lowest BCUT2D eigenvalue weighted by atomic mass is 10.1. The minimum atomic E-state index is -1.06. The van der Waals surface area contributed by atoms with Crippen molar-refractivity contribution in [3.63, 3.8) is 0 Å². The first-order valence-electron chi connectivity index (χ1n) is 6.91. The maximum absolute atomic E-state index is 12.0. The van der Waals surface area contributed by atoms with Gasteiger partial charge in [-0.1, -0.05) is 0 Å². The molecule has 0 radical (unpaired) electrons. The van der Waals surface area contributed by atoms with Crippen LogP contribution in [0.15, 0.2) is 12.5 Å². The lowest BCUT2D eigenvalue weighted by Crippen LogP contribution is -2.46. The Kier molecular flexibility index (Phi) is 5.15. The fourth-order valence-corrected chi connectivity index (χ4v) is 2.29. The van der Waals surface area contributed by atoms with Gasteiger partial charge in [0.25, 0.3) is 0 Å². The third-order valence-corrected chi connectivity index (χ3v) is 3.56. The number of carboxylic acids is 1. The molecule has 1 fully saturated rings. The summed E-state index contributed by atoms with van der Waals surface area (Å²) in [6, 6.07) is -0.0943. The predicted molar refractivity (Wildman–Crippen MR) is 74.2 cm³/mol. The van der Waals surface area contributed by atoms with Crippen molar-refractivity contribution in [1.82, 2.24) is 19.8 Å². The average Bonchev–Trinajstić information content (AvgIpc) is 2.96. The highest BCUT2D eigenvalue weighted by Crippen LogP contribution is 2.12. The second-order valence-electron chi connectivity index (χ2n) is 4.96. The van der Waals surface area contributed by atoms with Crippen molar-refractivity contribution in [2.75, 3.05) is 26.7 Å². The number of aromatic nitrogens is 2. The van der Waals surface area contributed by atoms with Crippen LogP contribution in [0.5, 0.6) is 0 Å². The van der Waals surface area contributed by atoms with E-state index in [1.165, 1.54) is 12.5 Å². The maximum atomic E-state index is 12.0. The number of carbonyl (C=O) groups excluding carboxylic acids is 1. The number of rotatable bonds is 5. The number of nitrogens with one attached hydrogen (secondary N) is 1. The quantitative estimate of drug-likeness (QED) is 0.820. The third-order valence-electron chi connectivity index (χ3n) is 3.56. The van der Waals surface area contributed by atoms with Crippen molar-refractivity contribution in [1.29, 1.82) is 0 Å². The highest BCUT2D eigenvalue weighted by atomic mass is 16.5. The number of aromatic carboxylic acids is 1. The van der Waals surface area contributed by atoms with Gasteiger partial charge in [-0.05, 0) is 12.8 Å². The van der Waals surface area contributed by atoms with Crippen LogP contribution in [0.25, 0.3) is 0 Å². The molecule has 2 N–H and O–H groups in total. The van der Waals surface area contributed by atoms with Crippen molar-refractivity contribution >= 4 is 12.0 Å². The fraction of sp³-hybridized carbons (Fsp3) is 0.615. The number of hydrogen-bond donors (Lipinski definition) is 2. The van der Waals surface area contributed by atoms with Gasteiger partial charge in [0, 0.05) is 39.5 Å². The summed E-state index contributed by atoms with van der Waals surface area (Å²) in [6.07, 6.45) is 4.84. The van der Waals surface area contributed by atoms with E-state index in [1.807, 2.05) is 0 Å². The van der Waals surface area contributed by atoms with Crippen LogP contribution >= 0.6 is 0 Å². The number of carboxylic acid groups (broad SMARTS) is 1.